The molecule has 0 aliphatic heterocycles. The molecule has 0 aliphatic rings. The molecule has 0 aromatic carbocycles. The Morgan fingerprint density at radius 3 is 0.825 bits per heavy atom. The number of carbonyl (C=O) groups is 4. The Kier molecular flexibility index (Phi) is 38.2. The molecule has 0 radical (unpaired) electrons. The third-order valence-corrected chi connectivity index (χ3v) is 5.16. The third-order valence-electron chi connectivity index (χ3n) is 5.16. The second kappa shape index (κ2) is 31.8. The fourth-order valence-electron chi connectivity index (χ4n) is 2.29. The number of carboxylic acid groups (broad SMARTS) is 3. The van der Waals surface area contributed by atoms with Crippen molar-refractivity contribution < 1.29 is 53.4 Å². The van der Waals surface area contributed by atoms with Crippen LogP contribution in [0.15, 0.2) is 0 Å². The molecule has 12 heteroatoms. The van der Waals surface area contributed by atoms with Gasteiger partial charge in [0.05, 0.1) is 61.1 Å². The first-order chi connectivity index (χ1) is 18.1. The molecule has 0 spiro atoms. The molecule has 0 aromatic rings. The van der Waals surface area contributed by atoms with Crippen molar-refractivity contribution >= 4 is 41.2 Å². The van der Waals surface area contributed by atoms with Gasteiger partial charge in [0, 0.05) is 6.92 Å². The zero-order valence-electron chi connectivity index (χ0n) is 26.5. The van der Waals surface area contributed by atoms with Gasteiger partial charge in [-0.3, -0.25) is 4.79 Å². The summed E-state index contributed by atoms with van der Waals surface area (Å²) in [6.45, 7) is 20.4. The van der Waals surface area contributed by atoms with E-state index in [9.17, 15) is 34.5 Å². The van der Waals surface area contributed by atoms with Crippen molar-refractivity contribution in [3.8, 4) is 0 Å². The van der Waals surface area contributed by atoms with Gasteiger partial charge in [-0.25, -0.2) is 0 Å². The summed E-state index contributed by atoms with van der Waals surface area (Å²) in [5, 5.41) is 31.0. The second-order valence-corrected chi connectivity index (χ2v) is 8.64. The molecule has 0 N–H and O–H groups in total. The Bertz CT molecular complexity index is 560. The van der Waals surface area contributed by atoms with E-state index in [4.69, 9.17) is 14.2 Å². The van der Waals surface area contributed by atoms with Gasteiger partial charge in [-0.15, -0.1) is 0 Å². The summed E-state index contributed by atoms with van der Waals surface area (Å²) < 4.78 is 19.8. The van der Waals surface area contributed by atoms with Gasteiger partial charge in [0.25, 0.3) is 0 Å². The van der Waals surface area contributed by atoms with Crippen molar-refractivity contribution in [3.05, 3.63) is 0 Å². The molecule has 0 fully saturated rings. The first-order valence-corrected chi connectivity index (χ1v) is 13.8. The molecular formula is C28H53AlO11. The van der Waals surface area contributed by atoms with Crippen molar-refractivity contribution in [1.29, 1.82) is 0 Å². The largest absolute Gasteiger partial charge is 3.00 e. The summed E-state index contributed by atoms with van der Waals surface area (Å²) in [7, 11) is 0. The molecule has 40 heavy (non-hydrogen) atoms. The smallest absolute Gasteiger partial charge is 0.547 e. The summed E-state index contributed by atoms with van der Waals surface area (Å²) in [6, 6.07) is 0. The van der Waals surface area contributed by atoms with Crippen LogP contribution in [-0.2, 0) is 38.1 Å². The molecule has 0 saturated heterocycles. The summed E-state index contributed by atoms with van der Waals surface area (Å²) in [5.41, 5.74) is 0. The Morgan fingerprint density at radius 2 is 0.750 bits per heavy atom. The van der Waals surface area contributed by atoms with Crippen molar-refractivity contribution in [2.24, 2.45) is 0 Å². The van der Waals surface area contributed by atoms with Crippen LogP contribution in [0.4, 0.5) is 0 Å². The maximum atomic E-state index is 10.3. The van der Waals surface area contributed by atoms with Gasteiger partial charge >= 0.3 is 23.3 Å². The molecular weight excluding hydrogens is 539 g/mol. The monoisotopic (exact) mass is 592 g/mol. The first kappa shape index (κ1) is 48.0. The SMILES string of the molecule is CCC(C)OC(CC)C(=O)[O-].CCC(C)OC(CC)C(=O)[O-].CCC(C)OC(CC)C(=O)[O-].CCOC(C)=O.[Al+3]. The normalized spacial score (nSPS) is 14.3. The van der Waals surface area contributed by atoms with Gasteiger partial charge in [-0.2, -0.15) is 0 Å². The summed E-state index contributed by atoms with van der Waals surface area (Å²) in [4.78, 5) is 40.9. The van der Waals surface area contributed by atoms with E-state index >= 15 is 0 Å². The predicted molar refractivity (Wildman–Crippen MR) is 148 cm³/mol. The maximum Gasteiger partial charge on any atom is 3.00 e. The summed E-state index contributed by atoms with van der Waals surface area (Å²) in [6.07, 6.45) is 1.62. The van der Waals surface area contributed by atoms with Crippen LogP contribution >= 0.6 is 0 Å². The van der Waals surface area contributed by atoms with Gasteiger partial charge in [-0.1, -0.05) is 41.5 Å². The van der Waals surface area contributed by atoms with E-state index in [1.165, 1.54) is 6.92 Å². The molecule has 0 amide bonds. The number of rotatable bonds is 16. The zero-order chi connectivity index (χ0) is 31.6. The fraction of sp³-hybridized carbons (Fsp3) is 0.857. The Hall–Kier alpha value is -1.71. The molecule has 6 atom stereocenters. The van der Waals surface area contributed by atoms with Crippen LogP contribution < -0.4 is 15.3 Å². The minimum atomic E-state index is -1.12. The number of esters is 1. The van der Waals surface area contributed by atoms with Crippen LogP contribution in [-0.4, -0.2) is 84.5 Å². The molecule has 234 valence electrons. The van der Waals surface area contributed by atoms with Crippen molar-refractivity contribution in [2.45, 2.75) is 151 Å². The second-order valence-electron chi connectivity index (χ2n) is 8.64. The predicted octanol–water partition coefficient (Wildman–Crippen LogP) is 1.18. The molecule has 6 unspecified atom stereocenters. The number of carboxylic acids is 3. The number of ether oxygens (including phenoxy) is 4. The van der Waals surface area contributed by atoms with Crippen LogP contribution in [0.1, 0.15) is 115 Å². The first-order valence-electron chi connectivity index (χ1n) is 13.8. The van der Waals surface area contributed by atoms with Gasteiger partial charge in [0.15, 0.2) is 0 Å². The minimum Gasteiger partial charge on any atom is -0.547 e. The third kappa shape index (κ3) is 32.5. The molecule has 0 saturated carbocycles. The van der Waals surface area contributed by atoms with Gasteiger partial charge < -0.3 is 48.7 Å². The van der Waals surface area contributed by atoms with Crippen LogP contribution in [0.5, 0.6) is 0 Å². The molecule has 0 aliphatic carbocycles. The van der Waals surface area contributed by atoms with Gasteiger partial charge in [0.1, 0.15) is 0 Å². The number of hydrogen-bond donors (Lipinski definition) is 0. The van der Waals surface area contributed by atoms with Crippen molar-refractivity contribution in [1.82, 2.24) is 0 Å². The van der Waals surface area contributed by atoms with Crippen LogP contribution in [0.3, 0.4) is 0 Å². The van der Waals surface area contributed by atoms with E-state index in [2.05, 4.69) is 4.74 Å². The Morgan fingerprint density at radius 1 is 0.525 bits per heavy atom. The minimum absolute atomic E-state index is 0. The molecule has 11 nitrogen and oxygen atoms in total. The molecule has 0 bridgehead atoms. The summed E-state index contributed by atoms with van der Waals surface area (Å²) >= 11 is 0. The quantitative estimate of drug-likeness (QED) is 0.186. The van der Waals surface area contributed by atoms with Gasteiger partial charge in [0.2, 0.25) is 0 Å². The number of hydrogen-bond acceptors (Lipinski definition) is 11. The maximum absolute atomic E-state index is 10.3. The Balaban J connectivity index is -0.000000138. The molecule has 0 aromatic heterocycles. The van der Waals surface area contributed by atoms with Crippen LogP contribution in [0.2, 0.25) is 0 Å². The van der Waals surface area contributed by atoms with Crippen LogP contribution in [0.25, 0.3) is 0 Å². The average Bonchev–Trinajstić information content (AvgIpc) is 2.88. The summed E-state index contributed by atoms with van der Waals surface area (Å²) in [5.74, 6) is -3.56. The van der Waals surface area contributed by atoms with Gasteiger partial charge in [-0.05, 0) is 66.2 Å². The molecule has 0 heterocycles. The van der Waals surface area contributed by atoms with E-state index in [0.29, 0.717) is 25.9 Å². The van der Waals surface area contributed by atoms with E-state index in [0.717, 1.165) is 19.3 Å². The number of aliphatic carboxylic acids is 3. The van der Waals surface area contributed by atoms with E-state index in [1.54, 1.807) is 27.7 Å². The number of carbonyl (C=O) groups excluding carboxylic acids is 4. The van der Waals surface area contributed by atoms with Crippen LogP contribution in [0, 0.1) is 0 Å². The topological polar surface area (TPSA) is 174 Å². The average molecular weight is 593 g/mol. The van der Waals surface area contributed by atoms with Crippen molar-refractivity contribution in [2.75, 3.05) is 6.61 Å². The van der Waals surface area contributed by atoms with Crippen molar-refractivity contribution in [3.63, 3.8) is 0 Å². The standard InChI is InChI=1S/3C8H16O3.C4H8O2.Al/c3*1-4-6(3)11-7(5-2)8(9)10;1-3-6-4(2)5;/h3*6-7H,4-5H2,1-3H3,(H,9,10);3H2,1-2H3;/q;;;;+3/p-3. The molecule has 0 rings (SSSR count). The zero-order valence-corrected chi connectivity index (χ0v) is 27.6. The van der Waals surface area contributed by atoms with E-state index < -0.39 is 36.2 Å². The van der Waals surface area contributed by atoms with E-state index in [-0.39, 0.29) is 41.6 Å². The fourth-order valence-corrected chi connectivity index (χ4v) is 2.29. The van der Waals surface area contributed by atoms with E-state index in [1.807, 2.05) is 41.5 Å². The Labute approximate surface area is 252 Å².